The lowest BCUT2D eigenvalue weighted by molar-refractivity contribution is -0.383. The molecule has 1 unspecified atom stereocenters. The highest BCUT2D eigenvalue weighted by Crippen LogP contribution is 2.23. The predicted molar refractivity (Wildman–Crippen MR) is 103 cm³/mol. The highest BCUT2D eigenvalue weighted by Gasteiger charge is 2.22. The molecular formula is C19H17N5O6. The molecule has 0 spiro atoms. The molecule has 0 saturated heterocycles. The Kier molecular flexibility index (Phi) is 6.42. The maximum absolute atomic E-state index is 12.2. The van der Waals surface area contributed by atoms with E-state index in [9.17, 15) is 19.7 Å². The van der Waals surface area contributed by atoms with E-state index in [0.717, 1.165) is 0 Å². The Morgan fingerprint density at radius 2 is 2.00 bits per heavy atom. The van der Waals surface area contributed by atoms with Crippen LogP contribution in [0, 0.1) is 10.1 Å². The summed E-state index contributed by atoms with van der Waals surface area (Å²) >= 11 is 0. The SMILES string of the molecule is CC(OC(=O)CCc1nc(-c2ccccn2)no1)C(=O)Nc1ccccc1[N+](=O)[O-]. The van der Waals surface area contributed by atoms with Crippen LogP contribution in [0.4, 0.5) is 11.4 Å². The van der Waals surface area contributed by atoms with Crippen LogP contribution < -0.4 is 5.32 Å². The molecule has 30 heavy (non-hydrogen) atoms. The number of nitro groups is 1. The lowest BCUT2D eigenvalue weighted by Crippen LogP contribution is -2.30. The highest BCUT2D eigenvalue weighted by molar-refractivity contribution is 5.96. The summed E-state index contributed by atoms with van der Waals surface area (Å²) in [6.45, 7) is 1.37. The summed E-state index contributed by atoms with van der Waals surface area (Å²) in [5, 5.41) is 17.2. The first-order valence-corrected chi connectivity index (χ1v) is 8.92. The van der Waals surface area contributed by atoms with Crippen molar-refractivity contribution in [1.29, 1.82) is 0 Å². The highest BCUT2D eigenvalue weighted by atomic mass is 16.6. The molecule has 0 saturated carbocycles. The molecule has 3 rings (SSSR count). The quantitative estimate of drug-likeness (QED) is 0.335. The van der Waals surface area contributed by atoms with E-state index in [0.29, 0.717) is 11.5 Å². The number of anilines is 1. The van der Waals surface area contributed by atoms with Gasteiger partial charge in [-0.25, -0.2) is 0 Å². The molecular weight excluding hydrogens is 394 g/mol. The van der Waals surface area contributed by atoms with E-state index in [1.165, 1.54) is 25.1 Å². The second-order valence-electron chi connectivity index (χ2n) is 6.12. The summed E-state index contributed by atoms with van der Waals surface area (Å²) < 4.78 is 10.2. The number of pyridine rings is 1. The normalized spacial score (nSPS) is 11.5. The summed E-state index contributed by atoms with van der Waals surface area (Å²) in [7, 11) is 0. The van der Waals surface area contributed by atoms with Gasteiger partial charge in [0, 0.05) is 18.7 Å². The van der Waals surface area contributed by atoms with Crippen LogP contribution >= 0.6 is 0 Å². The van der Waals surface area contributed by atoms with Gasteiger partial charge in [0.05, 0.1) is 11.3 Å². The second-order valence-corrected chi connectivity index (χ2v) is 6.12. The average Bonchev–Trinajstić information content (AvgIpc) is 3.22. The second kappa shape index (κ2) is 9.37. The van der Waals surface area contributed by atoms with Gasteiger partial charge in [0.15, 0.2) is 6.10 Å². The van der Waals surface area contributed by atoms with Crippen molar-refractivity contribution < 1.29 is 23.8 Å². The molecule has 11 nitrogen and oxygen atoms in total. The smallest absolute Gasteiger partial charge is 0.307 e. The maximum atomic E-state index is 12.2. The maximum Gasteiger partial charge on any atom is 0.307 e. The number of benzene rings is 1. The van der Waals surface area contributed by atoms with Crippen molar-refractivity contribution in [2.24, 2.45) is 0 Å². The Morgan fingerprint density at radius 3 is 2.73 bits per heavy atom. The zero-order valence-electron chi connectivity index (χ0n) is 15.8. The first kappa shape index (κ1) is 20.6. The van der Waals surface area contributed by atoms with Crippen molar-refractivity contribution >= 4 is 23.3 Å². The van der Waals surface area contributed by atoms with E-state index < -0.39 is 22.9 Å². The first-order chi connectivity index (χ1) is 14.4. The number of esters is 1. The van der Waals surface area contributed by atoms with Gasteiger partial charge in [-0.1, -0.05) is 23.4 Å². The Labute approximate surface area is 170 Å². The fourth-order valence-corrected chi connectivity index (χ4v) is 2.45. The molecule has 3 aromatic rings. The molecule has 0 bridgehead atoms. The van der Waals surface area contributed by atoms with Gasteiger partial charge in [-0.05, 0) is 25.1 Å². The van der Waals surface area contributed by atoms with Crippen LogP contribution in [-0.4, -0.2) is 38.0 Å². The Morgan fingerprint density at radius 1 is 1.23 bits per heavy atom. The van der Waals surface area contributed by atoms with Crippen molar-refractivity contribution in [3.8, 4) is 11.5 Å². The number of nitrogens with zero attached hydrogens (tertiary/aromatic N) is 4. The van der Waals surface area contributed by atoms with Crippen LogP contribution in [0.3, 0.4) is 0 Å². The lowest BCUT2D eigenvalue weighted by Gasteiger charge is -2.13. The minimum atomic E-state index is -1.15. The van der Waals surface area contributed by atoms with Gasteiger partial charge in [0.2, 0.25) is 11.7 Å². The van der Waals surface area contributed by atoms with Crippen LogP contribution in [-0.2, 0) is 20.7 Å². The van der Waals surface area contributed by atoms with Crippen molar-refractivity contribution in [2.45, 2.75) is 25.9 Å². The van der Waals surface area contributed by atoms with E-state index in [2.05, 4.69) is 20.4 Å². The third-order valence-electron chi connectivity index (χ3n) is 3.94. The number of carbonyl (C=O) groups excluding carboxylic acids is 2. The van der Waals surface area contributed by atoms with Crippen LogP contribution in [0.1, 0.15) is 19.2 Å². The molecule has 0 aliphatic rings. The molecule has 154 valence electrons. The largest absolute Gasteiger partial charge is 0.453 e. The number of ether oxygens (including phenoxy) is 1. The molecule has 0 aliphatic heterocycles. The number of hydrogen-bond acceptors (Lipinski definition) is 9. The fraction of sp³-hybridized carbons (Fsp3) is 0.211. The monoisotopic (exact) mass is 411 g/mol. The number of carbonyl (C=O) groups is 2. The molecule has 1 atom stereocenters. The first-order valence-electron chi connectivity index (χ1n) is 8.92. The molecule has 0 aliphatic carbocycles. The van der Waals surface area contributed by atoms with E-state index in [1.54, 1.807) is 30.5 Å². The van der Waals surface area contributed by atoms with E-state index in [-0.39, 0.29) is 30.1 Å². The fourth-order valence-electron chi connectivity index (χ4n) is 2.45. The number of nitrogens with one attached hydrogen (secondary N) is 1. The van der Waals surface area contributed by atoms with Gasteiger partial charge in [-0.3, -0.25) is 24.7 Å². The molecule has 1 amide bonds. The van der Waals surface area contributed by atoms with Crippen LogP contribution in [0.25, 0.3) is 11.5 Å². The predicted octanol–water partition coefficient (Wildman–Crippen LogP) is 2.54. The van der Waals surface area contributed by atoms with E-state index in [4.69, 9.17) is 9.26 Å². The van der Waals surface area contributed by atoms with Crippen molar-refractivity contribution in [3.63, 3.8) is 0 Å². The minimum Gasteiger partial charge on any atom is -0.453 e. The molecule has 0 radical (unpaired) electrons. The average molecular weight is 411 g/mol. The third-order valence-corrected chi connectivity index (χ3v) is 3.94. The number of rotatable bonds is 8. The summed E-state index contributed by atoms with van der Waals surface area (Å²) in [6, 6.07) is 10.9. The third kappa shape index (κ3) is 5.22. The number of nitro benzene ring substituents is 1. The molecule has 11 heteroatoms. The van der Waals surface area contributed by atoms with Gasteiger partial charge in [0.25, 0.3) is 11.6 Å². The van der Waals surface area contributed by atoms with Gasteiger partial charge in [0.1, 0.15) is 11.4 Å². The minimum absolute atomic E-state index is 0.0170. The van der Waals surface area contributed by atoms with Gasteiger partial charge >= 0.3 is 5.97 Å². The summed E-state index contributed by atoms with van der Waals surface area (Å²) in [6.07, 6.45) is 0.479. The summed E-state index contributed by atoms with van der Waals surface area (Å²) in [5.41, 5.74) is 0.295. The van der Waals surface area contributed by atoms with E-state index in [1.807, 2.05) is 0 Å². The van der Waals surface area contributed by atoms with Gasteiger partial charge < -0.3 is 14.6 Å². The van der Waals surface area contributed by atoms with Crippen molar-refractivity contribution in [2.75, 3.05) is 5.32 Å². The Balaban J connectivity index is 1.51. The molecule has 2 aromatic heterocycles. The van der Waals surface area contributed by atoms with Crippen LogP contribution in [0.2, 0.25) is 0 Å². The van der Waals surface area contributed by atoms with Crippen LogP contribution in [0.5, 0.6) is 0 Å². The molecule has 1 aromatic carbocycles. The molecule has 2 heterocycles. The molecule has 0 fully saturated rings. The summed E-state index contributed by atoms with van der Waals surface area (Å²) in [5.74, 6) is -0.813. The number of para-hydroxylation sites is 2. The van der Waals surface area contributed by atoms with Gasteiger partial charge in [-0.2, -0.15) is 4.98 Å². The number of aryl methyl sites for hydroxylation is 1. The number of hydrogen-bond donors (Lipinski definition) is 1. The lowest BCUT2D eigenvalue weighted by atomic mass is 10.2. The topological polar surface area (TPSA) is 150 Å². The molecule has 1 N–H and O–H groups in total. The van der Waals surface area contributed by atoms with Crippen molar-refractivity contribution in [1.82, 2.24) is 15.1 Å². The zero-order chi connectivity index (χ0) is 21.5. The zero-order valence-corrected chi connectivity index (χ0v) is 15.8. The number of amides is 1. The summed E-state index contributed by atoms with van der Waals surface area (Å²) in [4.78, 5) is 42.9. The van der Waals surface area contributed by atoms with Gasteiger partial charge in [-0.15, -0.1) is 0 Å². The standard InChI is InChI=1S/C19H17N5O6/c1-12(19(26)21-13-6-2-3-8-15(13)24(27)28)29-17(25)10-9-16-22-18(23-30-16)14-7-4-5-11-20-14/h2-8,11-12H,9-10H2,1H3,(H,21,26). The van der Waals surface area contributed by atoms with E-state index >= 15 is 0 Å². The van der Waals surface area contributed by atoms with Crippen molar-refractivity contribution in [3.05, 3.63) is 64.7 Å². The Bertz CT molecular complexity index is 1050. The van der Waals surface area contributed by atoms with Crippen LogP contribution in [0.15, 0.2) is 53.2 Å². The Hall–Kier alpha value is -4.15. The number of aromatic nitrogens is 3.